The van der Waals surface area contributed by atoms with Crippen LogP contribution in [0.15, 0.2) is 48.7 Å². The van der Waals surface area contributed by atoms with Crippen LogP contribution in [0.4, 0.5) is 5.69 Å². The molecule has 5 nitrogen and oxygen atoms in total. The summed E-state index contributed by atoms with van der Waals surface area (Å²) in [6.07, 6.45) is 2.46. The molecule has 5 heteroatoms. The molecule has 0 fully saturated rings. The van der Waals surface area contributed by atoms with Crippen molar-refractivity contribution in [3.63, 3.8) is 0 Å². The van der Waals surface area contributed by atoms with Crippen molar-refractivity contribution in [1.82, 2.24) is 9.78 Å². The van der Waals surface area contributed by atoms with Crippen molar-refractivity contribution in [2.75, 3.05) is 5.32 Å². The Labute approximate surface area is 145 Å². The van der Waals surface area contributed by atoms with Gasteiger partial charge in [0.25, 0.3) is 0 Å². The van der Waals surface area contributed by atoms with Crippen molar-refractivity contribution in [3.8, 4) is 28.8 Å². The Morgan fingerprint density at radius 1 is 1.16 bits per heavy atom. The summed E-state index contributed by atoms with van der Waals surface area (Å²) in [7, 11) is 1.82. The maximum atomic E-state index is 10.4. The molecule has 0 aliphatic rings. The summed E-state index contributed by atoms with van der Waals surface area (Å²) in [6.45, 7) is 1.96. The summed E-state index contributed by atoms with van der Waals surface area (Å²) in [5.74, 6) is 6.38. The first-order valence-corrected chi connectivity index (χ1v) is 7.73. The molecule has 0 unspecified atom stereocenters. The van der Waals surface area contributed by atoms with Gasteiger partial charge in [-0.1, -0.05) is 23.5 Å². The number of amides is 1. The van der Waals surface area contributed by atoms with Crippen LogP contribution < -0.4 is 5.32 Å². The molecule has 2 aromatic carbocycles. The van der Waals surface area contributed by atoms with Crippen LogP contribution in [0.3, 0.4) is 0 Å². The number of phenolic OH excluding ortho intramolecular Hbond substituents is 1. The molecule has 3 rings (SSSR count). The normalized spacial score (nSPS) is 10.0. The van der Waals surface area contributed by atoms with Gasteiger partial charge in [0.2, 0.25) is 6.41 Å². The molecule has 25 heavy (non-hydrogen) atoms. The SMILES string of the molecule is Cc1ccc(O)c(-c2nn(C)cc2C#Cc2ccc(NC=O)cc2)c1. The van der Waals surface area contributed by atoms with Crippen LogP contribution in [0.1, 0.15) is 16.7 Å². The van der Waals surface area contributed by atoms with Crippen LogP contribution in [0.2, 0.25) is 0 Å². The van der Waals surface area contributed by atoms with Crippen molar-refractivity contribution < 1.29 is 9.90 Å². The van der Waals surface area contributed by atoms with Gasteiger partial charge in [-0.25, -0.2) is 0 Å². The molecule has 0 aliphatic heterocycles. The predicted octanol–water partition coefficient (Wildman–Crippen LogP) is 3.07. The topological polar surface area (TPSA) is 67.2 Å². The number of nitrogens with one attached hydrogen (secondary N) is 1. The lowest BCUT2D eigenvalue weighted by atomic mass is 10.0. The van der Waals surface area contributed by atoms with Crippen LogP contribution in [-0.4, -0.2) is 21.3 Å². The molecule has 0 aliphatic carbocycles. The van der Waals surface area contributed by atoms with E-state index in [0.29, 0.717) is 23.4 Å². The fourth-order valence-electron chi connectivity index (χ4n) is 2.48. The zero-order valence-electron chi connectivity index (χ0n) is 13.9. The molecule has 0 radical (unpaired) electrons. The number of anilines is 1. The minimum Gasteiger partial charge on any atom is -0.507 e. The van der Waals surface area contributed by atoms with E-state index in [0.717, 1.165) is 16.7 Å². The first-order valence-electron chi connectivity index (χ1n) is 7.73. The number of aromatic nitrogens is 2. The summed E-state index contributed by atoms with van der Waals surface area (Å²) < 4.78 is 1.68. The van der Waals surface area contributed by atoms with E-state index in [2.05, 4.69) is 22.3 Å². The number of hydrogen-bond acceptors (Lipinski definition) is 3. The van der Waals surface area contributed by atoms with E-state index in [1.54, 1.807) is 22.9 Å². The number of phenols is 1. The van der Waals surface area contributed by atoms with E-state index in [-0.39, 0.29) is 5.75 Å². The van der Waals surface area contributed by atoms with Crippen molar-refractivity contribution >= 4 is 12.1 Å². The van der Waals surface area contributed by atoms with Crippen LogP contribution in [0, 0.1) is 18.8 Å². The molecule has 0 bridgehead atoms. The zero-order valence-corrected chi connectivity index (χ0v) is 13.9. The van der Waals surface area contributed by atoms with E-state index in [1.807, 2.05) is 44.4 Å². The summed E-state index contributed by atoms with van der Waals surface area (Å²) in [5, 5.41) is 17.2. The molecule has 0 spiro atoms. The molecular weight excluding hydrogens is 314 g/mol. The van der Waals surface area contributed by atoms with Crippen LogP contribution >= 0.6 is 0 Å². The van der Waals surface area contributed by atoms with E-state index >= 15 is 0 Å². The molecule has 0 saturated carbocycles. The second kappa shape index (κ2) is 6.93. The molecule has 1 heterocycles. The zero-order chi connectivity index (χ0) is 17.8. The summed E-state index contributed by atoms with van der Waals surface area (Å²) in [5.41, 5.74) is 4.62. The minimum absolute atomic E-state index is 0.177. The highest BCUT2D eigenvalue weighted by Crippen LogP contribution is 2.30. The van der Waals surface area contributed by atoms with Crippen LogP contribution in [0.5, 0.6) is 5.75 Å². The number of aromatic hydroxyl groups is 1. The Bertz CT molecular complexity index is 976. The number of carbonyl (C=O) groups excluding carboxylic acids is 1. The number of aryl methyl sites for hydroxylation is 2. The van der Waals surface area contributed by atoms with Crippen molar-refractivity contribution in [1.29, 1.82) is 0 Å². The Balaban J connectivity index is 1.97. The Kier molecular flexibility index (Phi) is 4.53. The van der Waals surface area contributed by atoms with Crippen molar-refractivity contribution in [3.05, 3.63) is 65.4 Å². The Morgan fingerprint density at radius 3 is 2.64 bits per heavy atom. The molecule has 0 atom stereocenters. The molecule has 2 N–H and O–H groups in total. The molecule has 1 amide bonds. The highest BCUT2D eigenvalue weighted by molar-refractivity contribution is 5.74. The standard InChI is InChI=1S/C20H17N3O2/c1-14-3-10-19(25)18(11-14)20-16(12-23(2)22-20)7-4-15-5-8-17(9-6-15)21-13-24/h3,5-6,8-13,25H,1-2H3,(H,21,24). The van der Waals surface area contributed by atoms with Crippen LogP contribution in [0.25, 0.3) is 11.3 Å². The molecule has 1 aromatic heterocycles. The predicted molar refractivity (Wildman–Crippen MR) is 97.2 cm³/mol. The summed E-state index contributed by atoms with van der Waals surface area (Å²) in [6, 6.07) is 12.6. The molecule has 0 saturated heterocycles. The first kappa shape index (κ1) is 16.3. The highest BCUT2D eigenvalue weighted by Gasteiger charge is 2.12. The number of rotatable bonds is 3. The van der Waals surface area contributed by atoms with Gasteiger partial charge in [-0.05, 0) is 43.3 Å². The van der Waals surface area contributed by atoms with Gasteiger partial charge in [0.15, 0.2) is 0 Å². The van der Waals surface area contributed by atoms with Crippen molar-refractivity contribution in [2.45, 2.75) is 6.92 Å². The van der Waals surface area contributed by atoms with Gasteiger partial charge in [0.1, 0.15) is 11.4 Å². The third kappa shape index (κ3) is 3.70. The van der Waals surface area contributed by atoms with Crippen molar-refractivity contribution in [2.24, 2.45) is 7.05 Å². The second-order valence-corrected chi connectivity index (χ2v) is 5.68. The quantitative estimate of drug-likeness (QED) is 0.572. The highest BCUT2D eigenvalue weighted by atomic mass is 16.3. The van der Waals surface area contributed by atoms with Gasteiger partial charge in [-0.3, -0.25) is 9.48 Å². The van der Waals surface area contributed by atoms with E-state index in [9.17, 15) is 9.90 Å². The Hall–Kier alpha value is -3.52. The lowest BCUT2D eigenvalue weighted by Crippen LogP contribution is -1.92. The third-order valence-electron chi connectivity index (χ3n) is 3.69. The molecule has 3 aromatic rings. The van der Waals surface area contributed by atoms with Gasteiger partial charge in [0, 0.05) is 30.1 Å². The average molecular weight is 331 g/mol. The number of hydrogen-bond donors (Lipinski definition) is 2. The van der Waals surface area contributed by atoms with Crippen LogP contribution in [-0.2, 0) is 11.8 Å². The summed E-state index contributed by atoms with van der Waals surface area (Å²) >= 11 is 0. The van der Waals surface area contributed by atoms with E-state index < -0.39 is 0 Å². The lowest BCUT2D eigenvalue weighted by Gasteiger charge is -2.03. The first-order chi connectivity index (χ1) is 12.1. The van der Waals surface area contributed by atoms with Gasteiger partial charge < -0.3 is 10.4 Å². The van der Waals surface area contributed by atoms with Gasteiger partial charge in [0.05, 0.1) is 5.56 Å². The molecular formula is C20H17N3O2. The number of carbonyl (C=O) groups is 1. The number of nitrogens with zero attached hydrogens (tertiary/aromatic N) is 2. The third-order valence-corrected chi connectivity index (χ3v) is 3.69. The molecule has 124 valence electrons. The monoisotopic (exact) mass is 331 g/mol. The van der Waals surface area contributed by atoms with Gasteiger partial charge >= 0.3 is 0 Å². The maximum Gasteiger partial charge on any atom is 0.211 e. The Morgan fingerprint density at radius 2 is 1.92 bits per heavy atom. The summed E-state index contributed by atoms with van der Waals surface area (Å²) in [4.78, 5) is 10.4. The van der Waals surface area contributed by atoms with E-state index in [1.165, 1.54) is 0 Å². The smallest absolute Gasteiger partial charge is 0.211 e. The average Bonchev–Trinajstić information content (AvgIpc) is 2.97. The fourth-order valence-corrected chi connectivity index (χ4v) is 2.48. The van der Waals surface area contributed by atoms with Gasteiger partial charge in [-0.2, -0.15) is 5.10 Å². The maximum absolute atomic E-state index is 10.4. The van der Waals surface area contributed by atoms with E-state index in [4.69, 9.17) is 0 Å². The second-order valence-electron chi connectivity index (χ2n) is 5.68. The fraction of sp³-hybridized carbons (Fsp3) is 0.100. The lowest BCUT2D eigenvalue weighted by molar-refractivity contribution is -0.105. The largest absolute Gasteiger partial charge is 0.507 e. The van der Waals surface area contributed by atoms with Gasteiger partial charge in [-0.15, -0.1) is 0 Å². The minimum atomic E-state index is 0.177. The number of benzene rings is 2.